The Hall–Kier alpha value is -2.58. The lowest BCUT2D eigenvalue weighted by Crippen LogP contribution is -2.28. The summed E-state index contributed by atoms with van der Waals surface area (Å²) in [4.78, 5) is 0. The van der Waals surface area contributed by atoms with Crippen molar-refractivity contribution in [1.29, 1.82) is 0 Å². The molecule has 3 nitrogen and oxygen atoms in total. The molecule has 0 bridgehead atoms. The number of halogens is 3. The number of fused-ring (bicyclic) bond motifs is 3. The van der Waals surface area contributed by atoms with Crippen molar-refractivity contribution in [3.63, 3.8) is 0 Å². The molecule has 4 rings (SSSR count). The summed E-state index contributed by atoms with van der Waals surface area (Å²) in [5.41, 5.74) is -3.85. The van der Waals surface area contributed by atoms with E-state index >= 15 is 0 Å². The average molecular weight is 408 g/mol. The van der Waals surface area contributed by atoms with Gasteiger partial charge in [-0.15, -0.1) is 11.3 Å². The lowest BCUT2D eigenvalue weighted by Gasteiger charge is -2.10. The molecule has 0 saturated carbocycles. The average Bonchev–Trinajstić information content (AvgIpc) is 2.99. The van der Waals surface area contributed by atoms with E-state index in [1.807, 2.05) is 42.5 Å². The fraction of sp³-hybridized carbons (Fsp3) is 0.0526. The lowest BCUT2D eigenvalue weighted by atomic mass is 10.0. The first-order valence-electron chi connectivity index (χ1n) is 7.77. The SMILES string of the molecule is O=S(=O)(Oc1ccc(-c2ccc3sc4ccccc4c3c2)cc1)C(F)(F)F. The first kappa shape index (κ1) is 17.8. The van der Waals surface area contributed by atoms with Crippen LogP contribution in [0.15, 0.2) is 66.7 Å². The van der Waals surface area contributed by atoms with E-state index < -0.39 is 21.4 Å². The summed E-state index contributed by atoms with van der Waals surface area (Å²) in [6.45, 7) is 0. The van der Waals surface area contributed by atoms with Crippen molar-refractivity contribution < 1.29 is 25.8 Å². The summed E-state index contributed by atoms with van der Waals surface area (Å²) < 4.78 is 65.8. The van der Waals surface area contributed by atoms with Gasteiger partial charge >= 0.3 is 15.6 Å². The molecular formula is C19H11F3O3S2. The lowest BCUT2D eigenvalue weighted by molar-refractivity contribution is -0.0500. The van der Waals surface area contributed by atoms with Gasteiger partial charge in [-0.25, -0.2) is 0 Å². The third kappa shape index (κ3) is 3.26. The Kier molecular flexibility index (Phi) is 4.12. The monoisotopic (exact) mass is 408 g/mol. The first-order valence-corrected chi connectivity index (χ1v) is 9.99. The van der Waals surface area contributed by atoms with Crippen LogP contribution in [-0.4, -0.2) is 13.9 Å². The van der Waals surface area contributed by atoms with Gasteiger partial charge in [-0.05, 0) is 41.5 Å². The van der Waals surface area contributed by atoms with E-state index in [0.29, 0.717) is 0 Å². The van der Waals surface area contributed by atoms with E-state index in [1.54, 1.807) is 11.3 Å². The summed E-state index contributed by atoms with van der Waals surface area (Å²) in [5, 5.41) is 2.23. The van der Waals surface area contributed by atoms with Crippen molar-refractivity contribution in [2.24, 2.45) is 0 Å². The molecule has 1 aromatic heterocycles. The Morgan fingerprint density at radius 3 is 2.11 bits per heavy atom. The van der Waals surface area contributed by atoms with E-state index in [1.165, 1.54) is 29.0 Å². The maximum atomic E-state index is 12.4. The Morgan fingerprint density at radius 2 is 1.41 bits per heavy atom. The van der Waals surface area contributed by atoms with E-state index in [-0.39, 0.29) is 0 Å². The molecule has 0 atom stereocenters. The molecule has 0 fully saturated rings. The Bertz CT molecular complexity index is 1240. The molecule has 0 saturated heterocycles. The van der Waals surface area contributed by atoms with Crippen molar-refractivity contribution in [3.8, 4) is 16.9 Å². The normalized spacial score (nSPS) is 12.6. The second-order valence-electron chi connectivity index (χ2n) is 5.82. The highest BCUT2D eigenvalue weighted by Crippen LogP contribution is 2.36. The molecule has 0 spiro atoms. The molecule has 138 valence electrons. The number of benzene rings is 3. The van der Waals surface area contributed by atoms with Crippen LogP contribution in [0.5, 0.6) is 5.75 Å². The Balaban J connectivity index is 1.69. The van der Waals surface area contributed by atoms with E-state index in [9.17, 15) is 21.6 Å². The number of hydrogen-bond donors (Lipinski definition) is 0. The van der Waals surface area contributed by atoms with Crippen molar-refractivity contribution in [1.82, 2.24) is 0 Å². The molecule has 0 aliphatic heterocycles. The van der Waals surface area contributed by atoms with Gasteiger partial charge in [-0.1, -0.05) is 36.4 Å². The highest BCUT2D eigenvalue weighted by molar-refractivity contribution is 7.88. The molecule has 0 aliphatic carbocycles. The zero-order valence-electron chi connectivity index (χ0n) is 13.5. The van der Waals surface area contributed by atoms with Gasteiger partial charge < -0.3 is 4.18 Å². The second kappa shape index (κ2) is 6.24. The van der Waals surface area contributed by atoms with Crippen molar-refractivity contribution >= 4 is 41.6 Å². The smallest absolute Gasteiger partial charge is 0.376 e. The number of alkyl halides is 3. The summed E-state index contributed by atoms with van der Waals surface area (Å²) in [5.74, 6) is -0.391. The first-order chi connectivity index (χ1) is 12.7. The van der Waals surface area contributed by atoms with Crippen LogP contribution in [0.25, 0.3) is 31.3 Å². The van der Waals surface area contributed by atoms with Gasteiger partial charge in [-0.3, -0.25) is 0 Å². The van der Waals surface area contributed by atoms with Gasteiger partial charge in [0, 0.05) is 20.2 Å². The summed E-state index contributed by atoms with van der Waals surface area (Å²) in [6, 6.07) is 19.4. The molecule has 27 heavy (non-hydrogen) atoms. The molecule has 8 heteroatoms. The number of thiophene rings is 1. The van der Waals surface area contributed by atoms with Crippen LogP contribution >= 0.6 is 11.3 Å². The van der Waals surface area contributed by atoms with Crippen LogP contribution < -0.4 is 4.18 Å². The topological polar surface area (TPSA) is 43.4 Å². The third-order valence-electron chi connectivity index (χ3n) is 4.05. The van der Waals surface area contributed by atoms with Crippen LogP contribution in [0.3, 0.4) is 0 Å². The van der Waals surface area contributed by atoms with Crippen molar-refractivity contribution in [2.45, 2.75) is 5.51 Å². The van der Waals surface area contributed by atoms with Crippen molar-refractivity contribution in [3.05, 3.63) is 66.7 Å². The zero-order valence-corrected chi connectivity index (χ0v) is 15.2. The molecule has 1 heterocycles. The third-order valence-corrected chi connectivity index (χ3v) is 6.18. The molecule has 4 aromatic rings. The Labute approximate surface area is 156 Å². The quantitative estimate of drug-likeness (QED) is 0.311. The van der Waals surface area contributed by atoms with Gasteiger partial charge in [0.25, 0.3) is 0 Å². The molecular weight excluding hydrogens is 397 g/mol. The fourth-order valence-corrected chi connectivity index (χ4v) is 4.33. The highest BCUT2D eigenvalue weighted by Gasteiger charge is 2.48. The second-order valence-corrected chi connectivity index (χ2v) is 8.44. The number of hydrogen-bond acceptors (Lipinski definition) is 4. The largest absolute Gasteiger partial charge is 0.534 e. The number of rotatable bonds is 3. The molecule has 3 aromatic carbocycles. The maximum absolute atomic E-state index is 12.4. The maximum Gasteiger partial charge on any atom is 0.534 e. The fourth-order valence-electron chi connectivity index (χ4n) is 2.78. The Morgan fingerprint density at radius 1 is 0.778 bits per heavy atom. The summed E-state index contributed by atoms with van der Waals surface area (Å²) in [7, 11) is -5.67. The molecule has 0 amide bonds. The summed E-state index contributed by atoms with van der Waals surface area (Å²) in [6.07, 6.45) is 0. The minimum absolute atomic E-state index is 0.391. The zero-order chi connectivity index (χ0) is 19.2. The predicted molar refractivity (Wildman–Crippen MR) is 100 cm³/mol. The van der Waals surface area contributed by atoms with Crippen LogP contribution in [-0.2, 0) is 10.1 Å². The van der Waals surface area contributed by atoms with Gasteiger partial charge in [0.2, 0.25) is 0 Å². The molecule has 0 N–H and O–H groups in total. The van der Waals surface area contributed by atoms with E-state index in [2.05, 4.69) is 4.18 Å². The van der Waals surface area contributed by atoms with Crippen LogP contribution in [0.4, 0.5) is 13.2 Å². The van der Waals surface area contributed by atoms with Gasteiger partial charge in [-0.2, -0.15) is 21.6 Å². The predicted octanol–water partition coefficient (Wildman–Crippen LogP) is 5.95. The minimum Gasteiger partial charge on any atom is -0.376 e. The molecule has 0 radical (unpaired) electrons. The summed E-state index contributed by atoms with van der Waals surface area (Å²) >= 11 is 1.68. The van der Waals surface area contributed by atoms with E-state index in [4.69, 9.17) is 0 Å². The van der Waals surface area contributed by atoms with Gasteiger partial charge in [0.15, 0.2) is 0 Å². The van der Waals surface area contributed by atoms with Gasteiger partial charge in [0.1, 0.15) is 5.75 Å². The van der Waals surface area contributed by atoms with Crippen LogP contribution in [0.1, 0.15) is 0 Å². The van der Waals surface area contributed by atoms with Crippen LogP contribution in [0, 0.1) is 0 Å². The standard InChI is InChI=1S/C19H11F3O3S2/c20-19(21,22)27(23,24)25-14-8-5-12(6-9-14)13-7-10-18-16(11-13)15-3-1-2-4-17(15)26-18/h1-11H. The van der Waals surface area contributed by atoms with E-state index in [0.717, 1.165) is 26.6 Å². The minimum atomic E-state index is -5.67. The van der Waals surface area contributed by atoms with Crippen molar-refractivity contribution in [2.75, 3.05) is 0 Å². The highest BCUT2D eigenvalue weighted by atomic mass is 32.2. The van der Waals surface area contributed by atoms with Crippen LogP contribution in [0.2, 0.25) is 0 Å². The van der Waals surface area contributed by atoms with Gasteiger partial charge in [0.05, 0.1) is 0 Å². The molecule has 0 unspecified atom stereocenters. The molecule has 0 aliphatic rings.